The monoisotopic (exact) mass is 282 g/mol. The molecule has 1 aromatic heterocycles. The maximum Gasteiger partial charge on any atom is 0.226 e. The van der Waals surface area contributed by atoms with E-state index in [1.807, 2.05) is 18.3 Å². The Labute approximate surface area is 125 Å². The van der Waals surface area contributed by atoms with Crippen LogP contribution in [0.1, 0.15) is 32.1 Å². The quantitative estimate of drug-likeness (QED) is 0.936. The van der Waals surface area contributed by atoms with Gasteiger partial charge in [-0.3, -0.25) is 0 Å². The van der Waals surface area contributed by atoms with E-state index in [2.05, 4.69) is 27.3 Å². The second-order valence-corrected chi connectivity index (χ2v) is 6.25. The first-order valence-electron chi connectivity index (χ1n) is 8.12. The summed E-state index contributed by atoms with van der Waals surface area (Å²) >= 11 is 0. The van der Waals surface area contributed by atoms with Crippen LogP contribution in [0.5, 0.6) is 0 Å². The molecule has 1 aliphatic heterocycles. The number of aromatic nitrogens is 2. The molecule has 4 rings (SSSR count). The number of hydrogen-bond donors (Lipinski definition) is 1. The van der Waals surface area contributed by atoms with Crippen LogP contribution >= 0.6 is 0 Å². The zero-order chi connectivity index (χ0) is 14.1. The van der Waals surface area contributed by atoms with Gasteiger partial charge in [0, 0.05) is 36.8 Å². The predicted octanol–water partition coefficient (Wildman–Crippen LogP) is 2.74. The van der Waals surface area contributed by atoms with Gasteiger partial charge in [-0.2, -0.15) is 0 Å². The van der Waals surface area contributed by atoms with Gasteiger partial charge in [-0.25, -0.2) is 9.97 Å². The van der Waals surface area contributed by atoms with Crippen LogP contribution in [0, 0.1) is 0 Å². The number of nitrogens with one attached hydrogen (secondary N) is 1. The van der Waals surface area contributed by atoms with Crippen LogP contribution in [0.4, 0.5) is 5.95 Å². The van der Waals surface area contributed by atoms with Gasteiger partial charge in [-0.1, -0.05) is 18.2 Å². The van der Waals surface area contributed by atoms with Gasteiger partial charge in [0.25, 0.3) is 0 Å². The molecule has 0 amide bonds. The van der Waals surface area contributed by atoms with Crippen LogP contribution in [-0.2, 0) is 0 Å². The van der Waals surface area contributed by atoms with Gasteiger partial charge >= 0.3 is 0 Å². The number of hydrogen-bond acceptors (Lipinski definition) is 4. The number of para-hydroxylation sites is 1. The number of piperidine rings is 1. The van der Waals surface area contributed by atoms with Crippen LogP contribution in [0.2, 0.25) is 0 Å². The average molecular weight is 282 g/mol. The molecule has 1 saturated carbocycles. The molecule has 1 aliphatic carbocycles. The van der Waals surface area contributed by atoms with Crippen molar-refractivity contribution in [1.82, 2.24) is 15.3 Å². The molecule has 1 unspecified atom stereocenters. The minimum Gasteiger partial charge on any atom is -0.337 e. The summed E-state index contributed by atoms with van der Waals surface area (Å²) in [6.45, 7) is 2.15. The van der Waals surface area contributed by atoms with Crippen molar-refractivity contribution < 1.29 is 0 Å². The Morgan fingerprint density at radius 2 is 2.05 bits per heavy atom. The zero-order valence-corrected chi connectivity index (χ0v) is 12.3. The van der Waals surface area contributed by atoms with Crippen LogP contribution in [0.25, 0.3) is 10.9 Å². The fourth-order valence-electron chi connectivity index (χ4n) is 3.17. The minimum atomic E-state index is 0.542. The zero-order valence-electron chi connectivity index (χ0n) is 12.3. The van der Waals surface area contributed by atoms with Crippen LogP contribution in [0.15, 0.2) is 30.5 Å². The van der Waals surface area contributed by atoms with Crippen molar-refractivity contribution in [1.29, 1.82) is 0 Å². The molecule has 1 aromatic carbocycles. The van der Waals surface area contributed by atoms with E-state index < -0.39 is 0 Å². The molecule has 2 aliphatic rings. The fourth-order valence-corrected chi connectivity index (χ4v) is 3.17. The number of fused-ring (bicyclic) bond motifs is 1. The number of anilines is 1. The van der Waals surface area contributed by atoms with Gasteiger partial charge in [-0.15, -0.1) is 0 Å². The number of nitrogens with zero attached hydrogens (tertiary/aromatic N) is 3. The largest absolute Gasteiger partial charge is 0.337 e. The highest BCUT2D eigenvalue weighted by molar-refractivity contribution is 5.78. The molecule has 0 spiro atoms. The summed E-state index contributed by atoms with van der Waals surface area (Å²) in [7, 11) is 0. The standard InChI is InChI=1S/C17H22N4/c1-2-7-16-13(5-1)11-19-17(20-16)21-10-4-3-6-15(21)12-18-14-8-9-14/h1-2,5,7,11,14-15,18H,3-4,6,8-10,12H2. The molecule has 4 nitrogen and oxygen atoms in total. The lowest BCUT2D eigenvalue weighted by molar-refractivity contribution is 0.429. The highest BCUT2D eigenvalue weighted by atomic mass is 15.3. The molecule has 21 heavy (non-hydrogen) atoms. The van der Waals surface area contributed by atoms with Gasteiger partial charge < -0.3 is 10.2 Å². The number of rotatable bonds is 4. The third-order valence-corrected chi connectivity index (χ3v) is 4.58. The second-order valence-electron chi connectivity index (χ2n) is 6.25. The van der Waals surface area contributed by atoms with E-state index in [0.717, 1.165) is 36.0 Å². The van der Waals surface area contributed by atoms with E-state index in [4.69, 9.17) is 4.98 Å². The molecule has 2 heterocycles. The maximum absolute atomic E-state index is 4.78. The SMILES string of the molecule is c1ccc2nc(N3CCCCC3CNC3CC3)ncc2c1. The van der Waals surface area contributed by atoms with E-state index in [-0.39, 0.29) is 0 Å². The van der Waals surface area contributed by atoms with Crippen LogP contribution in [0.3, 0.4) is 0 Å². The van der Waals surface area contributed by atoms with Crippen molar-refractivity contribution >= 4 is 16.9 Å². The first kappa shape index (κ1) is 13.0. The van der Waals surface area contributed by atoms with E-state index in [1.54, 1.807) is 0 Å². The topological polar surface area (TPSA) is 41.1 Å². The molecular formula is C17H22N4. The molecular weight excluding hydrogens is 260 g/mol. The summed E-state index contributed by atoms with van der Waals surface area (Å²) < 4.78 is 0. The molecule has 1 saturated heterocycles. The number of benzene rings is 1. The van der Waals surface area contributed by atoms with Crippen molar-refractivity contribution in [2.24, 2.45) is 0 Å². The normalized spacial score (nSPS) is 22.7. The molecule has 4 heteroatoms. The minimum absolute atomic E-state index is 0.542. The summed E-state index contributed by atoms with van der Waals surface area (Å²) in [5.41, 5.74) is 1.04. The summed E-state index contributed by atoms with van der Waals surface area (Å²) in [6, 6.07) is 9.53. The smallest absolute Gasteiger partial charge is 0.226 e. The highest BCUT2D eigenvalue weighted by Crippen LogP contribution is 2.24. The highest BCUT2D eigenvalue weighted by Gasteiger charge is 2.27. The second kappa shape index (κ2) is 5.60. The van der Waals surface area contributed by atoms with Crippen molar-refractivity contribution in [3.05, 3.63) is 30.5 Å². The first-order chi connectivity index (χ1) is 10.4. The molecule has 0 bridgehead atoms. The average Bonchev–Trinajstić information content (AvgIpc) is 3.37. The van der Waals surface area contributed by atoms with Gasteiger partial charge in [0.05, 0.1) is 5.52 Å². The fraction of sp³-hybridized carbons (Fsp3) is 0.529. The van der Waals surface area contributed by atoms with Gasteiger partial charge in [0.2, 0.25) is 5.95 Å². The summed E-state index contributed by atoms with van der Waals surface area (Å²) in [6.07, 6.45) is 8.46. The molecule has 1 N–H and O–H groups in total. The third kappa shape index (κ3) is 2.86. The Balaban J connectivity index is 1.57. The Bertz CT molecular complexity index is 623. The van der Waals surface area contributed by atoms with Crippen LogP contribution in [-0.4, -0.2) is 35.1 Å². The van der Waals surface area contributed by atoms with E-state index in [1.165, 1.54) is 32.1 Å². The molecule has 1 atom stereocenters. The van der Waals surface area contributed by atoms with Crippen molar-refractivity contribution in [2.45, 2.75) is 44.2 Å². The van der Waals surface area contributed by atoms with E-state index >= 15 is 0 Å². The lowest BCUT2D eigenvalue weighted by Crippen LogP contribution is -2.46. The summed E-state index contributed by atoms with van der Waals surface area (Å²) in [5.74, 6) is 0.899. The molecule has 0 radical (unpaired) electrons. The van der Waals surface area contributed by atoms with Gasteiger partial charge in [0.15, 0.2) is 0 Å². The third-order valence-electron chi connectivity index (χ3n) is 4.58. The predicted molar refractivity (Wildman–Crippen MR) is 85.5 cm³/mol. The molecule has 2 fully saturated rings. The Kier molecular flexibility index (Phi) is 3.47. The Morgan fingerprint density at radius 1 is 1.14 bits per heavy atom. The van der Waals surface area contributed by atoms with E-state index in [9.17, 15) is 0 Å². The lowest BCUT2D eigenvalue weighted by Gasteiger charge is -2.36. The maximum atomic E-state index is 4.78. The molecule has 110 valence electrons. The summed E-state index contributed by atoms with van der Waals surface area (Å²) in [5, 5.41) is 4.78. The van der Waals surface area contributed by atoms with E-state index in [0.29, 0.717) is 6.04 Å². The van der Waals surface area contributed by atoms with Gasteiger partial charge in [-0.05, 0) is 38.2 Å². The van der Waals surface area contributed by atoms with Crippen LogP contribution < -0.4 is 10.2 Å². The van der Waals surface area contributed by atoms with Crippen molar-refractivity contribution in [3.63, 3.8) is 0 Å². The Hall–Kier alpha value is -1.68. The first-order valence-corrected chi connectivity index (χ1v) is 8.12. The molecule has 2 aromatic rings. The lowest BCUT2D eigenvalue weighted by atomic mass is 10.0. The van der Waals surface area contributed by atoms with Gasteiger partial charge in [0.1, 0.15) is 0 Å². The Morgan fingerprint density at radius 3 is 2.95 bits per heavy atom. The summed E-state index contributed by atoms with van der Waals surface area (Å²) in [4.78, 5) is 11.8. The van der Waals surface area contributed by atoms with Crippen molar-refractivity contribution in [3.8, 4) is 0 Å². The van der Waals surface area contributed by atoms with Crippen molar-refractivity contribution in [2.75, 3.05) is 18.0 Å².